The molecular formula is C13H17ClFNO4S. The molecule has 0 saturated heterocycles. The van der Waals surface area contributed by atoms with Gasteiger partial charge in [-0.25, -0.2) is 22.3 Å². The first-order chi connectivity index (χ1) is 9.72. The van der Waals surface area contributed by atoms with Gasteiger partial charge in [0, 0.05) is 6.54 Å². The Morgan fingerprint density at radius 2 is 1.95 bits per heavy atom. The third-order valence-electron chi connectivity index (χ3n) is 3.26. The van der Waals surface area contributed by atoms with Gasteiger partial charge in [0.05, 0.1) is 15.5 Å². The first-order valence-corrected chi connectivity index (χ1v) is 8.31. The van der Waals surface area contributed by atoms with Crippen molar-refractivity contribution in [1.29, 1.82) is 0 Å². The van der Waals surface area contributed by atoms with Gasteiger partial charge >= 0.3 is 5.97 Å². The number of carboxylic acid groups (broad SMARTS) is 1. The third kappa shape index (κ3) is 4.39. The SMILES string of the molecule is CCC(CC)CNS(=O)(=O)c1cc(F)c(Cl)c(C(=O)O)c1. The van der Waals surface area contributed by atoms with E-state index in [9.17, 15) is 17.6 Å². The van der Waals surface area contributed by atoms with Gasteiger partial charge in [-0.3, -0.25) is 0 Å². The van der Waals surface area contributed by atoms with Crippen LogP contribution in [-0.4, -0.2) is 26.0 Å². The Balaban J connectivity index is 3.12. The van der Waals surface area contributed by atoms with Crippen LogP contribution in [0.4, 0.5) is 4.39 Å². The normalized spacial score (nSPS) is 11.9. The fraction of sp³-hybridized carbons (Fsp3) is 0.462. The lowest BCUT2D eigenvalue weighted by Gasteiger charge is -2.14. The predicted octanol–water partition coefficient (Wildman–Crippen LogP) is 2.89. The topological polar surface area (TPSA) is 83.5 Å². The molecule has 0 amide bonds. The van der Waals surface area contributed by atoms with Gasteiger partial charge in [0.1, 0.15) is 5.82 Å². The zero-order valence-corrected chi connectivity index (χ0v) is 13.3. The number of hydrogen-bond donors (Lipinski definition) is 2. The minimum Gasteiger partial charge on any atom is -0.478 e. The largest absolute Gasteiger partial charge is 0.478 e. The van der Waals surface area contributed by atoms with E-state index in [1.54, 1.807) is 0 Å². The molecule has 0 aliphatic heterocycles. The van der Waals surface area contributed by atoms with Crippen molar-refractivity contribution in [2.24, 2.45) is 5.92 Å². The van der Waals surface area contributed by atoms with E-state index in [1.165, 1.54) is 0 Å². The molecule has 0 fully saturated rings. The van der Waals surface area contributed by atoms with Crippen LogP contribution >= 0.6 is 11.6 Å². The Morgan fingerprint density at radius 1 is 1.38 bits per heavy atom. The summed E-state index contributed by atoms with van der Waals surface area (Å²) >= 11 is 5.51. The van der Waals surface area contributed by atoms with Crippen LogP contribution < -0.4 is 4.72 Å². The quantitative estimate of drug-likeness (QED) is 0.801. The maximum absolute atomic E-state index is 13.6. The summed E-state index contributed by atoms with van der Waals surface area (Å²) in [5.41, 5.74) is -0.584. The van der Waals surface area contributed by atoms with E-state index in [4.69, 9.17) is 16.7 Å². The van der Waals surface area contributed by atoms with Gasteiger partial charge in [0.2, 0.25) is 10.0 Å². The fourth-order valence-electron chi connectivity index (χ4n) is 1.76. The van der Waals surface area contributed by atoms with Crippen molar-refractivity contribution in [2.75, 3.05) is 6.54 Å². The highest BCUT2D eigenvalue weighted by molar-refractivity contribution is 7.89. The summed E-state index contributed by atoms with van der Waals surface area (Å²) in [7, 11) is -3.98. The first-order valence-electron chi connectivity index (χ1n) is 6.44. The summed E-state index contributed by atoms with van der Waals surface area (Å²) in [6.07, 6.45) is 1.60. The minimum atomic E-state index is -3.98. The van der Waals surface area contributed by atoms with E-state index in [0.717, 1.165) is 18.9 Å². The van der Waals surface area contributed by atoms with Crippen LogP contribution in [0.15, 0.2) is 17.0 Å². The van der Waals surface area contributed by atoms with Gasteiger partial charge in [-0.2, -0.15) is 0 Å². The van der Waals surface area contributed by atoms with E-state index in [-0.39, 0.29) is 12.5 Å². The summed E-state index contributed by atoms with van der Waals surface area (Å²) < 4.78 is 40.1. The summed E-state index contributed by atoms with van der Waals surface area (Å²) in [5, 5.41) is 8.30. The molecule has 0 heterocycles. The van der Waals surface area contributed by atoms with Crippen molar-refractivity contribution in [2.45, 2.75) is 31.6 Å². The molecule has 1 aromatic carbocycles. The van der Waals surface area contributed by atoms with Gasteiger partial charge < -0.3 is 5.11 Å². The molecule has 21 heavy (non-hydrogen) atoms. The Bertz CT molecular complexity index is 629. The highest BCUT2D eigenvalue weighted by Gasteiger charge is 2.22. The van der Waals surface area contributed by atoms with Crippen molar-refractivity contribution < 1.29 is 22.7 Å². The number of benzene rings is 1. The maximum atomic E-state index is 13.6. The molecule has 0 unspecified atom stereocenters. The van der Waals surface area contributed by atoms with Crippen molar-refractivity contribution in [3.05, 3.63) is 28.5 Å². The van der Waals surface area contributed by atoms with Gasteiger partial charge in [-0.1, -0.05) is 38.3 Å². The highest BCUT2D eigenvalue weighted by Crippen LogP contribution is 2.24. The molecule has 0 aliphatic rings. The predicted molar refractivity (Wildman–Crippen MR) is 77.6 cm³/mol. The van der Waals surface area contributed by atoms with E-state index in [1.807, 2.05) is 13.8 Å². The Labute approximate surface area is 128 Å². The minimum absolute atomic E-state index is 0.163. The van der Waals surface area contributed by atoms with E-state index < -0.39 is 37.3 Å². The third-order valence-corrected chi connectivity index (χ3v) is 5.05. The van der Waals surface area contributed by atoms with Crippen LogP contribution in [0.2, 0.25) is 5.02 Å². The van der Waals surface area contributed by atoms with E-state index in [0.29, 0.717) is 6.07 Å². The summed E-state index contributed by atoms with van der Waals surface area (Å²) in [6, 6.07) is 1.56. The van der Waals surface area contributed by atoms with Crippen LogP contribution in [-0.2, 0) is 10.0 Å². The number of halogens is 2. The van der Waals surface area contributed by atoms with Gasteiger partial charge in [0.15, 0.2) is 0 Å². The second-order valence-electron chi connectivity index (χ2n) is 4.61. The van der Waals surface area contributed by atoms with Crippen molar-refractivity contribution in [3.8, 4) is 0 Å². The Hall–Kier alpha value is -1.18. The van der Waals surface area contributed by atoms with Crippen molar-refractivity contribution in [3.63, 3.8) is 0 Å². The molecule has 2 N–H and O–H groups in total. The van der Waals surface area contributed by atoms with E-state index in [2.05, 4.69) is 4.72 Å². The van der Waals surface area contributed by atoms with Crippen molar-refractivity contribution in [1.82, 2.24) is 4.72 Å². The summed E-state index contributed by atoms with van der Waals surface area (Å²) in [6.45, 7) is 4.09. The number of rotatable bonds is 7. The molecule has 0 saturated carbocycles. The first kappa shape index (κ1) is 17.9. The van der Waals surface area contributed by atoms with Crippen molar-refractivity contribution >= 4 is 27.6 Å². The number of nitrogens with one attached hydrogen (secondary N) is 1. The van der Waals surface area contributed by atoms with Gasteiger partial charge in [-0.15, -0.1) is 0 Å². The molecule has 0 aliphatic carbocycles. The number of hydrogen-bond acceptors (Lipinski definition) is 3. The molecule has 1 aromatic rings. The lowest BCUT2D eigenvalue weighted by Crippen LogP contribution is -2.29. The molecule has 0 radical (unpaired) electrons. The number of aromatic carboxylic acids is 1. The molecule has 8 heteroatoms. The second kappa shape index (κ2) is 7.20. The molecule has 0 aromatic heterocycles. The maximum Gasteiger partial charge on any atom is 0.337 e. The molecule has 118 valence electrons. The average molecular weight is 338 g/mol. The standard InChI is InChI=1S/C13H17ClFNO4S/c1-3-8(4-2)7-16-21(19,20)9-5-10(13(17)18)12(14)11(15)6-9/h5-6,8,16H,3-4,7H2,1-2H3,(H,17,18). The lowest BCUT2D eigenvalue weighted by molar-refractivity contribution is 0.0696. The second-order valence-corrected chi connectivity index (χ2v) is 6.75. The zero-order valence-electron chi connectivity index (χ0n) is 11.7. The fourth-order valence-corrected chi connectivity index (χ4v) is 3.11. The summed E-state index contributed by atoms with van der Waals surface area (Å²) in [4.78, 5) is 10.5. The number of sulfonamides is 1. The smallest absolute Gasteiger partial charge is 0.337 e. The molecule has 1 rings (SSSR count). The molecule has 5 nitrogen and oxygen atoms in total. The lowest BCUT2D eigenvalue weighted by atomic mass is 10.0. The average Bonchev–Trinajstić information content (AvgIpc) is 2.42. The zero-order chi connectivity index (χ0) is 16.2. The van der Waals surface area contributed by atoms with Crippen LogP contribution in [0.5, 0.6) is 0 Å². The van der Waals surface area contributed by atoms with Crippen LogP contribution in [0.25, 0.3) is 0 Å². The monoisotopic (exact) mass is 337 g/mol. The molecule has 0 atom stereocenters. The van der Waals surface area contributed by atoms with Crippen LogP contribution in [0.1, 0.15) is 37.0 Å². The molecule has 0 bridgehead atoms. The van der Waals surface area contributed by atoms with E-state index >= 15 is 0 Å². The van der Waals surface area contributed by atoms with Gasteiger partial charge in [0.25, 0.3) is 0 Å². The molecular weight excluding hydrogens is 321 g/mol. The van der Waals surface area contributed by atoms with Crippen LogP contribution in [0.3, 0.4) is 0 Å². The van der Waals surface area contributed by atoms with Gasteiger partial charge in [-0.05, 0) is 18.1 Å². The summed E-state index contributed by atoms with van der Waals surface area (Å²) in [5.74, 6) is -2.41. The Kier molecular flexibility index (Phi) is 6.12. The number of carbonyl (C=O) groups is 1. The Morgan fingerprint density at radius 3 is 2.43 bits per heavy atom. The number of carboxylic acids is 1. The highest BCUT2D eigenvalue weighted by atomic mass is 35.5. The molecule has 0 spiro atoms. The van der Waals surface area contributed by atoms with Crippen LogP contribution in [0, 0.1) is 11.7 Å².